The van der Waals surface area contributed by atoms with Crippen molar-refractivity contribution in [2.24, 2.45) is 5.73 Å². The second-order valence-electron chi connectivity index (χ2n) is 4.51. The summed E-state index contributed by atoms with van der Waals surface area (Å²) in [7, 11) is 0. The van der Waals surface area contributed by atoms with Crippen molar-refractivity contribution < 1.29 is 25.2 Å². The number of Topliss-reactive ketones (excluding diaryl/α,β-unsaturated/α-hetero) is 1. The molecule has 4 atom stereocenters. The predicted octanol–water partition coefficient (Wildman–Crippen LogP) is -2.31. The van der Waals surface area contributed by atoms with E-state index in [1.807, 2.05) is 13.8 Å². The third-order valence-electron chi connectivity index (χ3n) is 3.22. The average molecular weight is 278 g/mol. The lowest BCUT2D eigenvalue weighted by molar-refractivity contribution is -0.138. The molecule has 114 valence electrons. The van der Waals surface area contributed by atoms with Crippen molar-refractivity contribution in [3.63, 3.8) is 0 Å². The number of ketones is 1. The Kier molecular flexibility index (Phi) is 9.07. The fraction of sp³-hybridized carbons (Fsp3) is 0.917. The summed E-state index contributed by atoms with van der Waals surface area (Å²) in [5, 5.41) is 37.0. The molecular formula is C12H26N2O5. The number of carbonyl (C=O) groups is 1. The maximum atomic E-state index is 11.6. The van der Waals surface area contributed by atoms with Crippen LogP contribution in [0.25, 0.3) is 0 Å². The molecule has 0 aromatic carbocycles. The highest BCUT2D eigenvalue weighted by Crippen LogP contribution is 2.05. The summed E-state index contributed by atoms with van der Waals surface area (Å²) in [5.74, 6) is -0.867. The number of carbonyl (C=O) groups excluding carboxylic acids is 1. The second kappa shape index (κ2) is 9.35. The largest absolute Gasteiger partial charge is 0.394 e. The van der Waals surface area contributed by atoms with Crippen molar-refractivity contribution in [3.05, 3.63) is 0 Å². The maximum absolute atomic E-state index is 11.6. The molecule has 0 aliphatic carbocycles. The number of nitrogens with zero attached hydrogens (tertiary/aromatic N) is 1. The second-order valence-corrected chi connectivity index (χ2v) is 4.51. The van der Waals surface area contributed by atoms with E-state index in [4.69, 9.17) is 15.9 Å². The highest BCUT2D eigenvalue weighted by molar-refractivity contribution is 5.88. The fourth-order valence-electron chi connectivity index (χ4n) is 1.71. The molecule has 0 aliphatic heterocycles. The summed E-state index contributed by atoms with van der Waals surface area (Å²) >= 11 is 0. The van der Waals surface area contributed by atoms with E-state index in [1.165, 1.54) is 0 Å². The van der Waals surface area contributed by atoms with E-state index >= 15 is 0 Å². The molecule has 0 bridgehead atoms. The third-order valence-corrected chi connectivity index (χ3v) is 3.22. The standard InChI is InChI=1S/C12H26N2O5/c1-3-14(4-2)6-5-8(16)10(13)12(19)11(18)9(17)7-15/h8-11,15-18H,3-7,13H2,1-2H3/t8?,9-,10+,11-/m1/s1. The molecule has 0 heterocycles. The van der Waals surface area contributed by atoms with Gasteiger partial charge < -0.3 is 31.1 Å². The third kappa shape index (κ3) is 5.94. The SMILES string of the molecule is CCN(CC)CCC(O)[C@H](N)C(=O)[C@H](O)[C@H](O)CO. The van der Waals surface area contributed by atoms with Crippen LogP contribution in [-0.4, -0.2) is 81.7 Å². The minimum atomic E-state index is -1.77. The van der Waals surface area contributed by atoms with Gasteiger partial charge in [0.2, 0.25) is 0 Å². The van der Waals surface area contributed by atoms with Gasteiger partial charge in [-0.05, 0) is 19.5 Å². The van der Waals surface area contributed by atoms with E-state index in [2.05, 4.69) is 4.90 Å². The molecule has 0 amide bonds. The zero-order chi connectivity index (χ0) is 15.0. The Bertz CT molecular complexity index is 261. The van der Waals surface area contributed by atoms with Crippen LogP contribution < -0.4 is 5.73 Å². The van der Waals surface area contributed by atoms with Crippen molar-refractivity contribution in [3.8, 4) is 0 Å². The highest BCUT2D eigenvalue weighted by Gasteiger charge is 2.32. The van der Waals surface area contributed by atoms with Crippen molar-refractivity contribution in [1.82, 2.24) is 4.90 Å². The zero-order valence-electron chi connectivity index (χ0n) is 11.6. The number of hydrogen-bond acceptors (Lipinski definition) is 7. The van der Waals surface area contributed by atoms with E-state index in [0.717, 1.165) is 13.1 Å². The fourth-order valence-corrected chi connectivity index (χ4v) is 1.71. The normalized spacial score (nSPS) is 18.1. The van der Waals surface area contributed by atoms with E-state index in [0.29, 0.717) is 13.0 Å². The van der Waals surface area contributed by atoms with Crippen LogP contribution in [0.1, 0.15) is 20.3 Å². The Labute approximate surface area is 113 Å². The van der Waals surface area contributed by atoms with Gasteiger partial charge in [0, 0.05) is 6.54 Å². The molecule has 0 aliphatic rings. The van der Waals surface area contributed by atoms with E-state index in [9.17, 15) is 15.0 Å². The first-order valence-electron chi connectivity index (χ1n) is 6.55. The van der Waals surface area contributed by atoms with Gasteiger partial charge in [0.1, 0.15) is 12.2 Å². The van der Waals surface area contributed by atoms with Crippen LogP contribution >= 0.6 is 0 Å². The maximum Gasteiger partial charge on any atom is 0.183 e. The van der Waals surface area contributed by atoms with Gasteiger partial charge in [-0.3, -0.25) is 4.79 Å². The smallest absolute Gasteiger partial charge is 0.183 e. The van der Waals surface area contributed by atoms with Gasteiger partial charge in [0.25, 0.3) is 0 Å². The van der Waals surface area contributed by atoms with Gasteiger partial charge in [0.15, 0.2) is 5.78 Å². The minimum absolute atomic E-state index is 0.302. The van der Waals surface area contributed by atoms with Gasteiger partial charge in [-0.2, -0.15) is 0 Å². The van der Waals surface area contributed by atoms with Crippen molar-refractivity contribution >= 4 is 5.78 Å². The quantitative estimate of drug-likeness (QED) is 0.304. The summed E-state index contributed by atoms with van der Waals surface area (Å²) < 4.78 is 0. The van der Waals surface area contributed by atoms with E-state index < -0.39 is 36.7 Å². The molecule has 0 rings (SSSR count). The Morgan fingerprint density at radius 1 is 1.16 bits per heavy atom. The lowest BCUT2D eigenvalue weighted by Crippen LogP contribution is -2.51. The molecule has 0 aromatic heterocycles. The van der Waals surface area contributed by atoms with Crippen LogP contribution in [0.4, 0.5) is 0 Å². The summed E-state index contributed by atoms with van der Waals surface area (Å²) in [4.78, 5) is 13.7. The topological polar surface area (TPSA) is 127 Å². The summed E-state index contributed by atoms with van der Waals surface area (Å²) in [6.07, 6.45) is -4.14. The molecule has 6 N–H and O–H groups in total. The van der Waals surface area contributed by atoms with Gasteiger partial charge in [-0.15, -0.1) is 0 Å². The van der Waals surface area contributed by atoms with Gasteiger partial charge in [0.05, 0.1) is 18.8 Å². The first kappa shape index (κ1) is 18.4. The van der Waals surface area contributed by atoms with E-state index in [-0.39, 0.29) is 0 Å². The summed E-state index contributed by atoms with van der Waals surface area (Å²) in [6.45, 7) is 5.49. The average Bonchev–Trinajstić information content (AvgIpc) is 2.44. The first-order valence-corrected chi connectivity index (χ1v) is 6.55. The van der Waals surface area contributed by atoms with Gasteiger partial charge in [-0.25, -0.2) is 0 Å². The lowest BCUT2D eigenvalue weighted by Gasteiger charge is -2.25. The Morgan fingerprint density at radius 2 is 1.68 bits per heavy atom. The molecule has 7 heteroatoms. The molecule has 7 nitrogen and oxygen atoms in total. The minimum Gasteiger partial charge on any atom is -0.394 e. The first-order chi connectivity index (χ1) is 8.88. The van der Waals surface area contributed by atoms with Crippen LogP contribution in [0.15, 0.2) is 0 Å². The summed E-state index contributed by atoms with van der Waals surface area (Å²) in [6, 6.07) is -1.27. The van der Waals surface area contributed by atoms with Crippen LogP contribution in [0.5, 0.6) is 0 Å². The molecule has 0 saturated heterocycles. The highest BCUT2D eigenvalue weighted by atomic mass is 16.4. The van der Waals surface area contributed by atoms with Crippen LogP contribution in [0, 0.1) is 0 Å². The molecule has 0 saturated carbocycles. The molecule has 0 radical (unpaired) electrons. The molecule has 0 spiro atoms. The number of nitrogens with two attached hydrogens (primary N) is 1. The summed E-state index contributed by atoms with van der Waals surface area (Å²) in [5.41, 5.74) is 5.55. The predicted molar refractivity (Wildman–Crippen MR) is 70.5 cm³/mol. The van der Waals surface area contributed by atoms with Gasteiger partial charge in [-0.1, -0.05) is 13.8 Å². The molecular weight excluding hydrogens is 252 g/mol. The van der Waals surface area contributed by atoms with Crippen LogP contribution in [0.3, 0.4) is 0 Å². The molecule has 19 heavy (non-hydrogen) atoms. The van der Waals surface area contributed by atoms with Crippen molar-refractivity contribution in [2.75, 3.05) is 26.2 Å². The zero-order valence-corrected chi connectivity index (χ0v) is 11.6. The number of aliphatic hydroxyl groups excluding tert-OH is 4. The molecule has 0 aromatic rings. The van der Waals surface area contributed by atoms with Crippen LogP contribution in [-0.2, 0) is 4.79 Å². The number of rotatable bonds is 10. The van der Waals surface area contributed by atoms with E-state index in [1.54, 1.807) is 0 Å². The molecule has 1 unspecified atom stereocenters. The lowest BCUT2D eigenvalue weighted by atomic mass is 9.97. The Hall–Kier alpha value is -0.570. The van der Waals surface area contributed by atoms with Crippen molar-refractivity contribution in [1.29, 1.82) is 0 Å². The number of hydrogen-bond donors (Lipinski definition) is 5. The van der Waals surface area contributed by atoms with Crippen molar-refractivity contribution in [2.45, 2.75) is 44.6 Å². The Balaban J connectivity index is 4.31. The molecule has 0 fully saturated rings. The monoisotopic (exact) mass is 278 g/mol. The van der Waals surface area contributed by atoms with Crippen LogP contribution in [0.2, 0.25) is 0 Å². The Morgan fingerprint density at radius 3 is 2.11 bits per heavy atom. The van der Waals surface area contributed by atoms with Gasteiger partial charge >= 0.3 is 0 Å². The number of aliphatic hydroxyl groups is 4.